The van der Waals surface area contributed by atoms with Gasteiger partial charge >= 0.3 is 0 Å². The van der Waals surface area contributed by atoms with Crippen molar-refractivity contribution in [2.75, 3.05) is 5.73 Å². The lowest BCUT2D eigenvalue weighted by molar-refractivity contribution is 0.478. The van der Waals surface area contributed by atoms with Crippen molar-refractivity contribution in [1.29, 1.82) is 0 Å². The van der Waals surface area contributed by atoms with Crippen LogP contribution in [0.3, 0.4) is 0 Å². The maximum Gasteiger partial charge on any atom is 0.299 e. The van der Waals surface area contributed by atoms with Gasteiger partial charge in [0, 0.05) is 16.5 Å². The van der Waals surface area contributed by atoms with Crippen LogP contribution in [0, 0.1) is 0 Å². The van der Waals surface area contributed by atoms with Gasteiger partial charge < -0.3 is 10.5 Å². The molecule has 2 N–H and O–H groups in total. The first-order valence-electron chi connectivity index (χ1n) is 5.06. The second-order valence-corrected chi connectivity index (χ2v) is 4.30. The van der Waals surface area contributed by atoms with Crippen LogP contribution in [-0.4, -0.2) is 10.2 Å². The number of fused-ring (bicyclic) bond motifs is 1. The van der Waals surface area contributed by atoms with Crippen molar-refractivity contribution in [3.8, 4) is 10.9 Å². The van der Waals surface area contributed by atoms with Crippen LogP contribution in [0.15, 0.2) is 41.9 Å². The molecule has 0 bridgehead atoms. The largest absolute Gasteiger partial charge is 0.429 e. The van der Waals surface area contributed by atoms with Gasteiger partial charge in [-0.05, 0) is 12.1 Å². The Hall–Kier alpha value is -2.14. The highest BCUT2D eigenvalue weighted by Gasteiger charge is 2.07. The van der Waals surface area contributed by atoms with E-state index in [4.69, 9.17) is 10.5 Å². The molecule has 0 amide bonds. The Morgan fingerprint density at radius 1 is 1.06 bits per heavy atom. The number of rotatable bonds is 2. The lowest BCUT2D eigenvalue weighted by Crippen LogP contribution is -1.90. The first-order chi connectivity index (χ1) is 8.34. The van der Waals surface area contributed by atoms with Gasteiger partial charge in [-0.25, -0.2) is 0 Å². The zero-order chi connectivity index (χ0) is 11.7. The molecule has 0 radical (unpaired) electrons. The summed E-state index contributed by atoms with van der Waals surface area (Å²) in [6.07, 6.45) is 0. The zero-order valence-corrected chi connectivity index (χ0v) is 9.65. The highest BCUT2D eigenvalue weighted by molar-refractivity contribution is 7.11. The second-order valence-electron chi connectivity index (χ2n) is 3.51. The first kappa shape index (κ1) is 10.0. The fourth-order valence-corrected chi connectivity index (χ4v) is 2.10. The number of nitrogen functional groups attached to an aromatic ring is 1. The van der Waals surface area contributed by atoms with E-state index in [-0.39, 0.29) is 0 Å². The van der Waals surface area contributed by atoms with Crippen molar-refractivity contribution in [2.24, 2.45) is 0 Å². The van der Waals surface area contributed by atoms with Gasteiger partial charge in [0.2, 0.25) is 0 Å². The molecule has 4 nitrogen and oxygen atoms in total. The molecular formula is C12H9N3OS. The lowest BCUT2D eigenvalue weighted by Gasteiger charge is -2.07. The Kier molecular flexibility index (Phi) is 2.38. The molecule has 0 saturated carbocycles. The molecule has 0 aliphatic heterocycles. The predicted molar refractivity (Wildman–Crippen MR) is 68.3 cm³/mol. The molecule has 0 atom stereocenters. The molecule has 3 rings (SSSR count). The molecule has 2 aromatic carbocycles. The average Bonchev–Trinajstić information content (AvgIpc) is 2.86. The highest BCUT2D eigenvalue weighted by Crippen LogP contribution is 2.33. The fraction of sp³-hybridized carbons (Fsp3) is 0. The molecule has 0 spiro atoms. The number of hydrogen-bond donors (Lipinski definition) is 1. The maximum absolute atomic E-state index is 5.92. The van der Waals surface area contributed by atoms with Gasteiger partial charge in [0.05, 0.1) is 0 Å². The summed E-state index contributed by atoms with van der Waals surface area (Å²) in [5, 5.41) is 10.1. The molecule has 1 heterocycles. The van der Waals surface area contributed by atoms with Gasteiger partial charge in [0.15, 0.2) is 0 Å². The summed E-state index contributed by atoms with van der Waals surface area (Å²) in [6.45, 7) is 0. The van der Waals surface area contributed by atoms with Crippen LogP contribution in [0.1, 0.15) is 0 Å². The molecule has 0 unspecified atom stereocenters. The Balaban J connectivity index is 2.14. The van der Waals surface area contributed by atoms with Gasteiger partial charge in [-0.3, -0.25) is 0 Å². The lowest BCUT2D eigenvalue weighted by atomic mass is 10.1. The summed E-state index contributed by atoms with van der Waals surface area (Å²) in [5.41, 5.74) is 8.29. The Bertz CT molecular complexity index is 652. The summed E-state index contributed by atoms with van der Waals surface area (Å²) in [5.74, 6) is 0.742. The summed E-state index contributed by atoms with van der Waals surface area (Å²) in [4.78, 5) is 0. The zero-order valence-electron chi connectivity index (χ0n) is 8.83. The number of ether oxygens (including phenoxy) is 1. The van der Waals surface area contributed by atoms with Crippen LogP contribution in [0.25, 0.3) is 10.8 Å². The van der Waals surface area contributed by atoms with E-state index >= 15 is 0 Å². The van der Waals surface area contributed by atoms with E-state index in [2.05, 4.69) is 10.2 Å². The third kappa shape index (κ3) is 1.81. The van der Waals surface area contributed by atoms with E-state index in [1.165, 1.54) is 11.3 Å². The number of anilines is 1. The van der Waals surface area contributed by atoms with Gasteiger partial charge in [0.1, 0.15) is 11.3 Å². The monoisotopic (exact) mass is 243 g/mol. The molecule has 1 aromatic heterocycles. The minimum absolute atomic E-state index is 0.528. The number of hydrogen-bond acceptors (Lipinski definition) is 5. The van der Waals surface area contributed by atoms with Crippen LogP contribution in [-0.2, 0) is 0 Å². The number of aromatic nitrogens is 2. The van der Waals surface area contributed by atoms with Crippen LogP contribution >= 0.6 is 11.3 Å². The van der Waals surface area contributed by atoms with Crippen molar-refractivity contribution in [3.63, 3.8) is 0 Å². The predicted octanol–water partition coefficient (Wildman–Crippen LogP) is 3.07. The molecule has 0 fully saturated rings. The smallest absolute Gasteiger partial charge is 0.299 e. The summed E-state index contributed by atoms with van der Waals surface area (Å²) in [7, 11) is 0. The summed E-state index contributed by atoms with van der Waals surface area (Å²) in [6, 6.07) is 11.5. The molecule has 0 aliphatic rings. The molecule has 17 heavy (non-hydrogen) atoms. The summed E-state index contributed by atoms with van der Waals surface area (Å²) >= 11 is 1.35. The van der Waals surface area contributed by atoms with E-state index in [1.807, 2.05) is 36.4 Å². The highest BCUT2D eigenvalue weighted by atomic mass is 32.1. The van der Waals surface area contributed by atoms with E-state index < -0.39 is 0 Å². The van der Waals surface area contributed by atoms with Gasteiger partial charge in [0.25, 0.3) is 5.19 Å². The van der Waals surface area contributed by atoms with E-state index in [1.54, 1.807) is 5.51 Å². The third-order valence-electron chi connectivity index (χ3n) is 2.46. The van der Waals surface area contributed by atoms with Crippen LogP contribution in [0.4, 0.5) is 5.69 Å². The van der Waals surface area contributed by atoms with Crippen LogP contribution in [0.5, 0.6) is 10.9 Å². The van der Waals surface area contributed by atoms with Gasteiger partial charge in [-0.1, -0.05) is 40.7 Å². The third-order valence-corrected chi connectivity index (χ3v) is 3.02. The number of benzene rings is 2. The molecule has 0 saturated heterocycles. The van der Waals surface area contributed by atoms with E-state index in [0.29, 0.717) is 5.19 Å². The van der Waals surface area contributed by atoms with E-state index in [9.17, 15) is 0 Å². The van der Waals surface area contributed by atoms with Crippen molar-refractivity contribution in [2.45, 2.75) is 0 Å². The summed E-state index contributed by atoms with van der Waals surface area (Å²) < 4.78 is 5.68. The maximum atomic E-state index is 5.92. The molecule has 3 aromatic rings. The second kappa shape index (κ2) is 4.03. The van der Waals surface area contributed by atoms with Gasteiger partial charge in [-0.2, -0.15) is 0 Å². The quantitative estimate of drug-likeness (QED) is 0.703. The van der Waals surface area contributed by atoms with Crippen molar-refractivity contribution < 1.29 is 4.74 Å². The average molecular weight is 243 g/mol. The molecule has 0 aliphatic carbocycles. The number of nitrogens with two attached hydrogens (primary N) is 1. The Morgan fingerprint density at radius 3 is 2.65 bits per heavy atom. The normalized spacial score (nSPS) is 10.6. The topological polar surface area (TPSA) is 61.0 Å². The molecule has 5 heteroatoms. The number of nitrogens with zero attached hydrogens (tertiary/aromatic N) is 2. The Labute approximate surface area is 102 Å². The standard InChI is InChI=1S/C12H9N3OS/c13-10-5-6-11(16-12-15-14-7-17-12)9-4-2-1-3-8(9)10/h1-7H,13H2. The van der Waals surface area contributed by atoms with Crippen LogP contribution < -0.4 is 10.5 Å². The minimum Gasteiger partial charge on any atom is -0.429 e. The molecule has 84 valence electrons. The molecular weight excluding hydrogens is 234 g/mol. The Morgan fingerprint density at radius 2 is 1.88 bits per heavy atom. The minimum atomic E-state index is 0.528. The van der Waals surface area contributed by atoms with Crippen LogP contribution in [0.2, 0.25) is 0 Å². The fourth-order valence-electron chi connectivity index (χ4n) is 1.69. The van der Waals surface area contributed by atoms with Crippen molar-refractivity contribution in [1.82, 2.24) is 10.2 Å². The SMILES string of the molecule is Nc1ccc(Oc2nncs2)c2ccccc12. The van der Waals surface area contributed by atoms with Crippen molar-refractivity contribution in [3.05, 3.63) is 41.9 Å². The van der Waals surface area contributed by atoms with Gasteiger partial charge in [-0.15, -0.1) is 5.10 Å². The van der Waals surface area contributed by atoms with E-state index in [0.717, 1.165) is 22.2 Å². The van der Waals surface area contributed by atoms with Crippen molar-refractivity contribution >= 4 is 27.8 Å². The first-order valence-corrected chi connectivity index (χ1v) is 5.94.